The summed E-state index contributed by atoms with van der Waals surface area (Å²) < 4.78 is 43.2. The number of ether oxygens (including phenoxy) is 2. The molecule has 36 heavy (non-hydrogen) atoms. The van der Waals surface area contributed by atoms with Gasteiger partial charge in [-0.25, -0.2) is 13.4 Å². The molecule has 0 fully saturated rings. The van der Waals surface area contributed by atoms with E-state index in [0.717, 1.165) is 60.4 Å². The van der Waals surface area contributed by atoms with Gasteiger partial charge in [0.15, 0.2) is 23.8 Å². The van der Waals surface area contributed by atoms with Gasteiger partial charge in [-0.05, 0) is 37.1 Å². The van der Waals surface area contributed by atoms with Gasteiger partial charge >= 0.3 is 0 Å². The molecule has 0 bridgehead atoms. The summed E-state index contributed by atoms with van der Waals surface area (Å²) in [6.45, 7) is 6.05. The van der Waals surface area contributed by atoms with E-state index in [1.165, 1.54) is 63.1 Å². The zero-order chi connectivity index (χ0) is 25.8. The predicted octanol–water partition coefficient (Wildman–Crippen LogP) is 8.24. The maximum Gasteiger partial charge on any atom is 0.184 e. The zero-order valence-electron chi connectivity index (χ0n) is 22.5. The Morgan fingerprint density at radius 2 is 1.50 bits per heavy atom. The van der Waals surface area contributed by atoms with E-state index in [1.807, 2.05) is 6.07 Å². The first-order valence-electron chi connectivity index (χ1n) is 14.0. The van der Waals surface area contributed by atoms with Crippen LogP contribution in [0.25, 0.3) is 0 Å². The van der Waals surface area contributed by atoms with E-state index in [4.69, 9.17) is 9.47 Å². The molecule has 1 heterocycles. The molecule has 0 spiro atoms. The quantitative estimate of drug-likeness (QED) is 0.171. The molecule has 0 saturated heterocycles. The lowest BCUT2D eigenvalue weighted by Gasteiger charge is -2.23. The zero-order valence-corrected chi connectivity index (χ0v) is 22.5. The van der Waals surface area contributed by atoms with E-state index in [1.54, 1.807) is 7.11 Å². The number of nitrogens with zero attached hydrogens (tertiary/aromatic N) is 1. The maximum absolute atomic E-state index is 14.5. The third-order valence-electron chi connectivity index (χ3n) is 7.19. The van der Waals surface area contributed by atoms with Gasteiger partial charge in [-0.15, -0.1) is 0 Å². The third kappa shape index (κ3) is 7.54. The molecule has 5 heteroatoms. The van der Waals surface area contributed by atoms with Crippen molar-refractivity contribution in [1.29, 1.82) is 0 Å². The minimum absolute atomic E-state index is 0.139. The largest absolute Gasteiger partial charge is 0.493 e. The van der Waals surface area contributed by atoms with E-state index in [-0.39, 0.29) is 12.1 Å². The first-order valence-corrected chi connectivity index (χ1v) is 14.0. The van der Waals surface area contributed by atoms with Crippen LogP contribution in [0.5, 0.6) is 11.5 Å². The molecule has 0 aliphatic carbocycles. The van der Waals surface area contributed by atoms with Crippen LogP contribution in [0, 0.1) is 11.6 Å². The molecular formula is C31H44F2NO2+. The van der Waals surface area contributed by atoms with E-state index in [2.05, 4.69) is 24.5 Å². The minimum Gasteiger partial charge on any atom is -0.493 e. The van der Waals surface area contributed by atoms with Gasteiger partial charge in [0.1, 0.15) is 18.2 Å². The second kappa shape index (κ2) is 15.0. The summed E-state index contributed by atoms with van der Waals surface area (Å²) in [7, 11) is 1.69. The Hall–Kier alpha value is -2.43. The molecule has 1 aliphatic heterocycles. The highest BCUT2D eigenvalue weighted by Gasteiger charge is 2.30. The normalized spacial score (nSPS) is 13.1. The van der Waals surface area contributed by atoms with Crippen LogP contribution >= 0.6 is 0 Å². The molecule has 0 aromatic heterocycles. The lowest BCUT2D eigenvalue weighted by atomic mass is 9.92. The maximum atomic E-state index is 14.5. The van der Waals surface area contributed by atoms with E-state index >= 15 is 0 Å². The monoisotopic (exact) mass is 500 g/mol. The number of unbranched alkanes of at least 4 members (excludes halogenated alkanes) is 8. The van der Waals surface area contributed by atoms with Crippen molar-refractivity contribution in [3.05, 3.63) is 58.7 Å². The van der Waals surface area contributed by atoms with Gasteiger partial charge < -0.3 is 9.47 Å². The average molecular weight is 501 g/mol. The molecule has 0 radical (unpaired) electrons. The number of benzene rings is 2. The Morgan fingerprint density at radius 1 is 0.833 bits per heavy atom. The van der Waals surface area contributed by atoms with Gasteiger partial charge in [-0.3, -0.25) is 0 Å². The van der Waals surface area contributed by atoms with Crippen molar-refractivity contribution in [3.63, 3.8) is 0 Å². The highest BCUT2D eigenvalue weighted by atomic mass is 19.1. The van der Waals surface area contributed by atoms with Crippen LogP contribution in [0.1, 0.15) is 101 Å². The van der Waals surface area contributed by atoms with Crippen LogP contribution in [0.3, 0.4) is 0 Å². The SMILES string of the molecule is CCCCCCCCOc1c(OC)ccc2c1CC[N+](Cc1c(F)cccc1F)=C2CCCCCC. The summed E-state index contributed by atoms with van der Waals surface area (Å²) in [6.07, 6.45) is 13.5. The fraction of sp³-hybridized carbons (Fsp3) is 0.581. The number of rotatable bonds is 16. The van der Waals surface area contributed by atoms with Crippen molar-refractivity contribution in [3.8, 4) is 11.5 Å². The molecule has 0 atom stereocenters. The predicted molar refractivity (Wildman–Crippen MR) is 144 cm³/mol. The molecule has 2 aromatic carbocycles. The number of hydrogen-bond acceptors (Lipinski definition) is 2. The molecule has 1 aliphatic rings. The second-order valence-corrected chi connectivity index (χ2v) is 9.87. The molecule has 198 valence electrons. The van der Waals surface area contributed by atoms with Crippen LogP contribution in [-0.2, 0) is 13.0 Å². The summed E-state index contributed by atoms with van der Waals surface area (Å²) >= 11 is 0. The summed E-state index contributed by atoms with van der Waals surface area (Å²) in [5, 5.41) is 0. The van der Waals surface area contributed by atoms with E-state index in [0.29, 0.717) is 13.2 Å². The molecule has 0 N–H and O–H groups in total. The lowest BCUT2D eigenvalue weighted by Crippen LogP contribution is -2.31. The first kappa shape index (κ1) is 28.1. The number of hydrogen-bond donors (Lipinski definition) is 0. The van der Waals surface area contributed by atoms with Gasteiger partial charge in [0.05, 0.1) is 19.3 Å². The van der Waals surface area contributed by atoms with Crippen LogP contribution < -0.4 is 9.47 Å². The molecule has 2 aromatic rings. The lowest BCUT2D eigenvalue weighted by molar-refractivity contribution is -0.546. The van der Waals surface area contributed by atoms with Gasteiger partial charge in [0.2, 0.25) is 0 Å². The van der Waals surface area contributed by atoms with Gasteiger partial charge in [-0.1, -0.05) is 71.3 Å². The fourth-order valence-electron chi connectivity index (χ4n) is 5.11. The molecular weight excluding hydrogens is 456 g/mol. The van der Waals surface area contributed by atoms with Crippen LogP contribution in [0.2, 0.25) is 0 Å². The fourth-order valence-corrected chi connectivity index (χ4v) is 5.11. The Bertz CT molecular complexity index is 982. The highest BCUT2D eigenvalue weighted by molar-refractivity contribution is 5.99. The van der Waals surface area contributed by atoms with Crippen LogP contribution in [0.4, 0.5) is 8.78 Å². The average Bonchev–Trinajstić information content (AvgIpc) is 2.88. The van der Waals surface area contributed by atoms with E-state index < -0.39 is 11.6 Å². The van der Waals surface area contributed by atoms with E-state index in [9.17, 15) is 8.78 Å². The second-order valence-electron chi connectivity index (χ2n) is 9.87. The standard InChI is InChI=1S/C31H44F2NO2/c1-4-6-8-10-11-13-22-36-31-25-20-21-34(23-26-27(32)15-14-16-28(26)33)29(17-12-9-7-5-2)24(25)18-19-30(31)35-3/h14-16,18-19H,4-13,17,20-23H2,1-3H3/q+1. The Balaban J connectivity index is 1.86. The van der Waals surface area contributed by atoms with Crippen LogP contribution in [-0.4, -0.2) is 30.5 Å². The van der Waals surface area contributed by atoms with Crippen molar-refractivity contribution in [2.24, 2.45) is 0 Å². The summed E-state index contributed by atoms with van der Waals surface area (Å²) in [5.41, 5.74) is 3.59. The van der Waals surface area contributed by atoms with Gasteiger partial charge in [0.25, 0.3) is 0 Å². The van der Waals surface area contributed by atoms with Crippen molar-refractivity contribution in [2.45, 2.75) is 97.4 Å². The Morgan fingerprint density at radius 3 is 2.19 bits per heavy atom. The van der Waals surface area contributed by atoms with Crippen molar-refractivity contribution in [2.75, 3.05) is 20.3 Å². The summed E-state index contributed by atoms with van der Waals surface area (Å²) in [5.74, 6) is 0.637. The minimum atomic E-state index is -0.483. The van der Waals surface area contributed by atoms with Gasteiger partial charge in [-0.2, -0.15) is 0 Å². The van der Waals surface area contributed by atoms with Crippen LogP contribution in [0.15, 0.2) is 30.3 Å². The third-order valence-corrected chi connectivity index (χ3v) is 7.19. The number of methoxy groups -OCH3 is 1. The van der Waals surface area contributed by atoms with Crippen molar-refractivity contribution < 1.29 is 22.8 Å². The first-order chi connectivity index (χ1) is 17.6. The molecule has 3 rings (SSSR count). The molecule has 0 saturated carbocycles. The van der Waals surface area contributed by atoms with Crippen molar-refractivity contribution in [1.82, 2.24) is 0 Å². The summed E-state index contributed by atoms with van der Waals surface area (Å²) in [4.78, 5) is 0. The van der Waals surface area contributed by atoms with Gasteiger partial charge in [0, 0.05) is 24.0 Å². The highest BCUT2D eigenvalue weighted by Crippen LogP contribution is 2.37. The molecule has 0 unspecified atom stereocenters. The number of halogens is 2. The molecule has 0 amide bonds. The Kier molecular flexibility index (Phi) is 11.7. The topological polar surface area (TPSA) is 21.5 Å². The summed E-state index contributed by atoms with van der Waals surface area (Å²) in [6, 6.07) is 8.20. The van der Waals surface area contributed by atoms with Crippen molar-refractivity contribution >= 4 is 5.71 Å². The molecule has 3 nitrogen and oxygen atoms in total. The number of fused-ring (bicyclic) bond motifs is 1. The smallest absolute Gasteiger partial charge is 0.184 e. The Labute approximate surface area is 216 Å².